The van der Waals surface area contributed by atoms with Crippen molar-refractivity contribution < 1.29 is 9.90 Å². The number of aliphatic hydroxyl groups is 1. The van der Waals surface area contributed by atoms with E-state index in [0.29, 0.717) is 0 Å². The van der Waals surface area contributed by atoms with E-state index in [4.69, 9.17) is 0 Å². The zero-order valence-corrected chi connectivity index (χ0v) is 14.9. The van der Waals surface area contributed by atoms with E-state index < -0.39 is 6.04 Å². The molecule has 2 N–H and O–H groups in total. The number of aliphatic hydroxyl groups excluding tert-OH is 1. The molecule has 1 amide bonds. The number of amides is 1. The number of pyridine rings is 1. The summed E-state index contributed by atoms with van der Waals surface area (Å²) in [5.41, 5.74) is 3.43. The first-order valence-corrected chi connectivity index (χ1v) is 8.52. The SMILES string of the molecule is Cc1nn(-c2ccccn2)c(C)c1CC(=O)NC(CO)c1ccccc1. The maximum absolute atomic E-state index is 12.5. The van der Waals surface area contributed by atoms with Gasteiger partial charge in [-0.3, -0.25) is 4.79 Å². The molecule has 6 nitrogen and oxygen atoms in total. The van der Waals surface area contributed by atoms with Gasteiger partial charge in [-0.2, -0.15) is 5.10 Å². The standard InChI is InChI=1S/C20H22N4O2/c1-14-17(15(2)24(23-14)19-10-6-7-11-21-19)12-20(26)22-18(13-25)16-8-4-3-5-9-16/h3-11,18,25H,12-13H2,1-2H3,(H,22,26). The number of rotatable bonds is 6. The summed E-state index contributed by atoms with van der Waals surface area (Å²) in [6, 6.07) is 14.6. The fraction of sp³-hybridized carbons (Fsp3) is 0.250. The van der Waals surface area contributed by atoms with E-state index in [1.807, 2.05) is 62.4 Å². The Bertz CT molecular complexity index is 876. The number of aryl methyl sites for hydroxylation is 1. The summed E-state index contributed by atoms with van der Waals surface area (Å²) in [6.07, 6.45) is 1.91. The Hall–Kier alpha value is -2.99. The minimum absolute atomic E-state index is 0.152. The van der Waals surface area contributed by atoms with Crippen molar-refractivity contribution in [2.75, 3.05) is 6.61 Å². The summed E-state index contributed by atoms with van der Waals surface area (Å²) in [5.74, 6) is 0.567. The van der Waals surface area contributed by atoms with E-state index in [2.05, 4.69) is 15.4 Å². The van der Waals surface area contributed by atoms with Crippen LogP contribution in [0.25, 0.3) is 5.82 Å². The highest BCUT2D eigenvalue weighted by Gasteiger charge is 2.19. The highest BCUT2D eigenvalue weighted by atomic mass is 16.3. The van der Waals surface area contributed by atoms with Crippen molar-refractivity contribution in [3.05, 3.63) is 77.2 Å². The highest BCUT2D eigenvalue weighted by Crippen LogP contribution is 2.18. The van der Waals surface area contributed by atoms with Gasteiger partial charge in [0, 0.05) is 17.5 Å². The number of nitrogens with one attached hydrogen (secondary N) is 1. The molecule has 3 aromatic rings. The summed E-state index contributed by atoms with van der Waals surface area (Å²) < 4.78 is 1.75. The molecule has 3 rings (SSSR count). The van der Waals surface area contributed by atoms with Crippen molar-refractivity contribution >= 4 is 5.91 Å². The fourth-order valence-corrected chi connectivity index (χ4v) is 2.96. The molecule has 0 aliphatic rings. The van der Waals surface area contributed by atoms with Crippen molar-refractivity contribution in [2.24, 2.45) is 0 Å². The number of carbonyl (C=O) groups excluding carboxylic acids is 1. The van der Waals surface area contributed by atoms with Crippen LogP contribution in [0, 0.1) is 13.8 Å². The van der Waals surface area contributed by atoms with Gasteiger partial charge in [-0.25, -0.2) is 9.67 Å². The van der Waals surface area contributed by atoms with E-state index in [9.17, 15) is 9.90 Å². The van der Waals surface area contributed by atoms with Crippen LogP contribution in [0.5, 0.6) is 0 Å². The molecule has 1 aromatic carbocycles. The van der Waals surface area contributed by atoms with Crippen LogP contribution in [0.2, 0.25) is 0 Å². The quantitative estimate of drug-likeness (QED) is 0.715. The first kappa shape index (κ1) is 17.8. The lowest BCUT2D eigenvalue weighted by Crippen LogP contribution is -2.32. The van der Waals surface area contributed by atoms with Crippen LogP contribution in [0.4, 0.5) is 0 Å². The normalized spacial score (nSPS) is 12.0. The molecule has 0 aliphatic heterocycles. The minimum atomic E-state index is -0.421. The molecular weight excluding hydrogens is 328 g/mol. The van der Waals surface area contributed by atoms with Crippen LogP contribution >= 0.6 is 0 Å². The van der Waals surface area contributed by atoms with Gasteiger partial charge in [0.25, 0.3) is 0 Å². The molecule has 0 saturated heterocycles. The molecule has 26 heavy (non-hydrogen) atoms. The fourth-order valence-electron chi connectivity index (χ4n) is 2.96. The van der Waals surface area contributed by atoms with E-state index >= 15 is 0 Å². The second-order valence-corrected chi connectivity index (χ2v) is 6.14. The molecule has 0 radical (unpaired) electrons. The summed E-state index contributed by atoms with van der Waals surface area (Å²) in [4.78, 5) is 16.8. The molecule has 6 heteroatoms. The van der Waals surface area contributed by atoms with Crippen molar-refractivity contribution in [2.45, 2.75) is 26.3 Å². The first-order chi connectivity index (χ1) is 12.6. The molecule has 0 bridgehead atoms. The van der Waals surface area contributed by atoms with E-state index in [-0.39, 0.29) is 18.9 Å². The number of nitrogens with zero attached hydrogens (tertiary/aromatic N) is 3. The van der Waals surface area contributed by atoms with E-state index in [0.717, 1.165) is 28.3 Å². The van der Waals surface area contributed by atoms with Gasteiger partial charge in [-0.15, -0.1) is 0 Å². The summed E-state index contributed by atoms with van der Waals surface area (Å²) in [7, 11) is 0. The lowest BCUT2D eigenvalue weighted by Gasteiger charge is -2.16. The third-order valence-electron chi connectivity index (χ3n) is 4.36. The second kappa shape index (κ2) is 7.93. The maximum atomic E-state index is 12.5. The third kappa shape index (κ3) is 3.81. The molecule has 1 unspecified atom stereocenters. The van der Waals surface area contributed by atoms with Gasteiger partial charge >= 0.3 is 0 Å². The Morgan fingerprint density at radius 2 is 1.88 bits per heavy atom. The first-order valence-electron chi connectivity index (χ1n) is 8.52. The van der Waals surface area contributed by atoms with Gasteiger partial charge in [0.05, 0.1) is 24.8 Å². The Morgan fingerprint density at radius 1 is 1.15 bits per heavy atom. The monoisotopic (exact) mass is 350 g/mol. The van der Waals surface area contributed by atoms with E-state index in [1.165, 1.54) is 0 Å². The van der Waals surface area contributed by atoms with Crippen LogP contribution in [0.3, 0.4) is 0 Å². The van der Waals surface area contributed by atoms with Crippen molar-refractivity contribution in [3.63, 3.8) is 0 Å². The van der Waals surface area contributed by atoms with Gasteiger partial charge in [-0.05, 0) is 31.5 Å². The van der Waals surface area contributed by atoms with Crippen molar-refractivity contribution in [1.29, 1.82) is 0 Å². The Morgan fingerprint density at radius 3 is 2.54 bits per heavy atom. The Balaban J connectivity index is 1.76. The molecule has 0 fully saturated rings. The molecule has 0 spiro atoms. The van der Waals surface area contributed by atoms with Crippen LogP contribution in [0.1, 0.15) is 28.6 Å². The van der Waals surface area contributed by atoms with Crippen LogP contribution < -0.4 is 5.32 Å². The molecular formula is C20H22N4O2. The second-order valence-electron chi connectivity index (χ2n) is 6.14. The zero-order valence-electron chi connectivity index (χ0n) is 14.9. The zero-order chi connectivity index (χ0) is 18.5. The largest absolute Gasteiger partial charge is 0.394 e. The molecule has 2 heterocycles. The average molecular weight is 350 g/mol. The van der Waals surface area contributed by atoms with Crippen LogP contribution in [-0.2, 0) is 11.2 Å². The van der Waals surface area contributed by atoms with Crippen LogP contribution in [-0.4, -0.2) is 32.4 Å². The lowest BCUT2D eigenvalue weighted by molar-refractivity contribution is -0.121. The van der Waals surface area contributed by atoms with Crippen molar-refractivity contribution in [1.82, 2.24) is 20.1 Å². The summed E-state index contributed by atoms with van der Waals surface area (Å²) >= 11 is 0. The lowest BCUT2D eigenvalue weighted by atomic mass is 10.1. The molecule has 0 saturated carbocycles. The average Bonchev–Trinajstić information content (AvgIpc) is 2.95. The molecule has 134 valence electrons. The topological polar surface area (TPSA) is 80.0 Å². The minimum Gasteiger partial charge on any atom is -0.394 e. The number of carbonyl (C=O) groups is 1. The Kier molecular flexibility index (Phi) is 5.43. The van der Waals surface area contributed by atoms with Gasteiger partial charge in [0.2, 0.25) is 5.91 Å². The number of aromatic nitrogens is 3. The third-order valence-corrected chi connectivity index (χ3v) is 4.36. The predicted octanol–water partition coefficient (Wildman–Crippen LogP) is 2.28. The predicted molar refractivity (Wildman–Crippen MR) is 98.9 cm³/mol. The number of hydrogen-bond donors (Lipinski definition) is 2. The van der Waals surface area contributed by atoms with Crippen LogP contribution in [0.15, 0.2) is 54.7 Å². The van der Waals surface area contributed by atoms with Crippen molar-refractivity contribution in [3.8, 4) is 5.82 Å². The number of benzene rings is 1. The van der Waals surface area contributed by atoms with Gasteiger partial charge in [-0.1, -0.05) is 36.4 Å². The van der Waals surface area contributed by atoms with E-state index in [1.54, 1.807) is 10.9 Å². The Labute approximate surface area is 152 Å². The smallest absolute Gasteiger partial charge is 0.225 e. The maximum Gasteiger partial charge on any atom is 0.225 e. The number of hydrogen-bond acceptors (Lipinski definition) is 4. The summed E-state index contributed by atoms with van der Waals surface area (Å²) in [5, 5.41) is 17.0. The van der Waals surface area contributed by atoms with Gasteiger partial charge in [0.15, 0.2) is 5.82 Å². The highest BCUT2D eigenvalue weighted by molar-refractivity contribution is 5.79. The molecule has 1 atom stereocenters. The molecule has 0 aliphatic carbocycles. The summed E-state index contributed by atoms with van der Waals surface area (Å²) in [6.45, 7) is 3.66. The van der Waals surface area contributed by atoms with Gasteiger partial charge < -0.3 is 10.4 Å². The van der Waals surface area contributed by atoms with Gasteiger partial charge in [0.1, 0.15) is 0 Å². The molecule has 2 aromatic heterocycles.